The van der Waals surface area contributed by atoms with Crippen LogP contribution >= 0.6 is 0 Å². The van der Waals surface area contributed by atoms with Crippen molar-refractivity contribution >= 4 is 5.91 Å². The van der Waals surface area contributed by atoms with E-state index in [0.717, 1.165) is 89.9 Å². The summed E-state index contributed by atoms with van der Waals surface area (Å²) in [6, 6.07) is -0.966. The topological polar surface area (TPSA) is 228 Å². The van der Waals surface area contributed by atoms with Gasteiger partial charge in [-0.1, -0.05) is 206 Å². The normalized spacial score (nSPS) is 25.1. The van der Waals surface area contributed by atoms with Gasteiger partial charge < -0.3 is 65.1 Å². The minimum atomic E-state index is -1.80. The van der Waals surface area contributed by atoms with E-state index in [1.54, 1.807) is 6.08 Å². The van der Waals surface area contributed by atoms with E-state index in [9.17, 15) is 45.6 Å². The van der Waals surface area contributed by atoms with Crippen molar-refractivity contribution in [2.24, 2.45) is 0 Å². The van der Waals surface area contributed by atoms with Crippen LogP contribution in [-0.2, 0) is 23.7 Å². The smallest absolute Gasteiger partial charge is 0.220 e. The van der Waals surface area contributed by atoms with Crippen LogP contribution in [0, 0.1) is 0 Å². The van der Waals surface area contributed by atoms with Crippen molar-refractivity contribution in [3.63, 3.8) is 0 Å². The number of rotatable bonds is 47. The molecule has 14 nitrogen and oxygen atoms in total. The number of aliphatic hydroxyl groups is 8. The third-order valence-corrected chi connectivity index (χ3v) is 14.1. The van der Waals surface area contributed by atoms with E-state index < -0.39 is 86.8 Å². The molecular formula is C66H109NO13. The quantitative estimate of drug-likeness (QED) is 0.0204. The summed E-state index contributed by atoms with van der Waals surface area (Å²) in [6.45, 7) is 2.62. The van der Waals surface area contributed by atoms with Crippen molar-refractivity contribution in [1.29, 1.82) is 0 Å². The summed E-state index contributed by atoms with van der Waals surface area (Å²) < 4.78 is 22.7. The van der Waals surface area contributed by atoms with Gasteiger partial charge >= 0.3 is 0 Å². The predicted octanol–water partition coefficient (Wildman–Crippen LogP) is 11.0. The van der Waals surface area contributed by atoms with Gasteiger partial charge in [0.05, 0.1) is 32.0 Å². The minimum absolute atomic E-state index is 0.222. The highest BCUT2D eigenvalue weighted by atomic mass is 16.7. The summed E-state index contributed by atoms with van der Waals surface area (Å²) in [5, 5.41) is 87.1. The largest absolute Gasteiger partial charge is 0.394 e. The van der Waals surface area contributed by atoms with Crippen LogP contribution in [0.25, 0.3) is 0 Å². The van der Waals surface area contributed by atoms with E-state index in [1.165, 1.54) is 70.6 Å². The van der Waals surface area contributed by atoms with Gasteiger partial charge in [-0.25, -0.2) is 0 Å². The Kier molecular flexibility index (Phi) is 45.3. The Morgan fingerprint density at radius 2 is 0.875 bits per heavy atom. The summed E-state index contributed by atoms with van der Waals surface area (Å²) in [4.78, 5) is 13.3. The van der Waals surface area contributed by atoms with Gasteiger partial charge in [0.25, 0.3) is 0 Å². The second-order valence-corrected chi connectivity index (χ2v) is 21.1. The fraction of sp³-hybridized carbons (Fsp3) is 0.682. The summed E-state index contributed by atoms with van der Waals surface area (Å²) in [6.07, 6.45) is 55.2. The molecule has 0 aromatic carbocycles. The molecule has 14 heteroatoms. The zero-order valence-electron chi connectivity index (χ0n) is 49.0. The molecule has 0 bridgehead atoms. The van der Waals surface area contributed by atoms with Gasteiger partial charge in [0, 0.05) is 6.42 Å². The molecule has 2 aliphatic heterocycles. The molecule has 0 spiro atoms. The second kappa shape index (κ2) is 50.0. The average molecular weight is 1120 g/mol. The van der Waals surface area contributed by atoms with Crippen molar-refractivity contribution in [3.8, 4) is 0 Å². The highest BCUT2D eigenvalue weighted by Gasteiger charge is 2.51. The first kappa shape index (κ1) is 72.5. The zero-order chi connectivity index (χ0) is 58.1. The van der Waals surface area contributed by atoms with Crippen molar-refractivity contribution < 1.29 is 64.6 Å². The van der Waals surface area contributed by atoms with Crippen molar-refractivity contribution in [2.75, 3.05) is 19.8 Å². The molecule has 0 saturated carbocycles. The van der Waals surface area contributed by atoms with Gasteiger partial charge in [0.15, 0.2) is 12.6 Å². The molecule has 2 fully saturated rings. The van der Waals surface area contributed by atoms with Gasteiger partial charge in [-0.3, -0.25) is 4.79 Å². The van der Waals surface area contributed by atoms with Crippen molar-refractivity contribution in [1.82, 2.24) is 5.32 Å². The molecule has 0 aromatic heterocycles. The summed E-state index contributed by atoms with van der Waals surface area (Å²) >= 11 is 0. The van der Waals surface area contributed by atoms with Gasteiger partial charge in [0.2, 0.25) is 5.91 Å². The maximum atomic E-state index is 13.3. The third-order valence-electron chi connectivity index (χ3n) is 14.1. The van der Waals surface area contributed by atoms with Crippen LogP contribution in [0.5, 0.6) is 0 Å². The highest BCUT2D eigenvalue weighted by Crippen LogP contribution is 2.30. The zero-order valence-corrected chi connectivity index (χ0v) is 49.0. The Morgan fingerprint density at radius 1 is 0.463 bits per heavy atom. The van der Waals surface area contributed by atoms with Crippen molar-refractivity contribution in [3.05, 3.63) is 122 Å². The van der Waals surface area contributed by atoms with Crippen LogP contribution < -0.4 is 5.32 Å². The van der Waals surface area contributed by atoms with Crippen molar-refractivity contribution in [2.45, 2.75) is 267 Å². The van der Waals surface area contributed by atoms with Gasteiger partial charge in [-0.15, -0.1) is 0 Å². The van der Waals surface area contributed by atoms with Gasteiger partial charge in [-0.2, -0.15) is 0 Å². The van der Waals surface area contributed by atoms with Crippen LogP contribution in [0.3, 0.4) is 0 Å². The molecule has 2 rings (SSSR count). The molecule has 0 radical (unpaired) electrons. The predicted molar refractivity (Wildman–Crippen MR) is 322 cm³/mol. The molecule has 456 valence electrons. The molecule has 0 aliphatic carbocycles. The summed E-state index contributed by atoms with van der Waals surface area (Å²) in [7, 11) is 0. The maximum absolute atomic E-state index is 13.3. The molecule has 12 unspecified atom stereocenters. The van der Waals surface area contributed by atoms with Gasteiger partial charge in [0.1, 0.15) is 48.8 Å². The van der Waals surface area contributed by atoms with Crippen LogP contribution in [0.15, 0.2) is 122 Å². The SMILES string of the molecule is CC/C=C\C/C=C\C/C=C\C/C=C\C/C=C\C/C=C\C/C=C\CCCCCC(=O)NC(COC1OC(CO)C(OC2OC(CO)C(O)C(O)C2O)C(O)C1O)C(O)/C=C/CC/C=C/CC/C=C/CCCCCCCCCCCCC. The van der Waals surface area contributed by atoms with Crippen LogP contribution in [0.2, 0.25) is 0 Å². The fourth-order valence-electron chi connectivity index (χ4n) is 9.18. The Morgan fingerprint density at radius 3 is 1.38 bits per heavy atom. The van der Waals surface area contributed by atoms with E-state index in [2.05, 4.69) is 129 Å². The van der Waals surface area contributed by atoms with Crippen LogP contribution in [0.4, 0.5) is 0 Å². The first-order chi connectivity index (χ1) is 39.1. The number of hydrogen-bond acceptors (Lipinski definition) is 13. The lowest BCUT2D eigenvalue weighted by Crippen LogP contribution is -2.65. The number of carbonyl (C=O) groups excluding carboxylic acids is 1. The number of aliphatic hydroxyl groups excluding tert-OH is 8. The Balaban J connectivity index is 1.81. The van der Waals surface area contributed by atoms with Crippen LogP contribution in [0.1, 0.15) is 194 Å². The monoisotopic (exact) mass is 1120 g/mol. The van der Waals surface area contributed by atoms with E-state index in [4.69, 9.17) is 18.9 Å². The summed E-state index contributed by atoms with van der Waals surface area (Å²) in [5.41, 5.74) is 0. The second-order valence-electron chi connectivity index (χ2n) is 21.1. The first-order valence-electron chi connectivity index (χ1n) is 30.8. The molecule has 2 heterocycles. The van der Waals surface area contributed by atoms with E-state index in [1.807, 2.05) is 6.08 Å². The molecule has 2 aliphatic rings. The van der Waals surface area contributed by atoms with E-state index in [-0.39, 0.29) is 18.9 Å². The third kappa shape index (κ3) is 34.7. The molecular weight excluding hydrogens is 1010 g/mol. The number of hydrogen-bond donors (Lipinski definition) is 9. The summed E-state index contributed by atoms with van der Waals surface area (Å²) in [5.74, 6) is -0.290. The first-order valence-corrected chi connectivity index (χ1v) is 30.8. The molecule has 0 aromatic rings. The number of unbranched alkanes of at least 4 members (excludes halogenated alkanes) is 16. The highest BCUT2D eigenvalue weighted by molar-refractivity contribution is 5.76. The van der Waals surface area contributed by atoms with Crippen LogP contribution in [-0.4, -0.2) is 140 Å². The molecule has 12 atom stereocenters. The Labute approximate surface area is 482 Å². The minimum Gasteiger partial charge on any atom is -0.394 e. The fourth-order valence-corrected chi connectivity index (χ4v) is 9.18. The number of allylic oxidation sites excluding steroid dienone is 19. The molecule has 9 N–H and O–H groups in total. The average Bonchev–Trinajstić information content (AvgIpc) is 3.49. The van der Waals surface area contributed by atoms with E-state index in [0.29, 0.717) is 12.8 Å². The number of nitrogens with one attached hydrogen (secondary N) is 1. The molecule has 80 heavy (non-hydrogen) atoms. The Hall–Kier alpha value is -3.61. The lowest BCUT2D eigenvalue weighted by Gasteiger charge is -2.46. The Bertz CT molecular complexity index is 1800. The lowest BCUT2D eigenvalue weighted by molar-refractivity contribution is -0.359. The lowest BCUT2D eigenvalue weighted by atomic mass is 9.97. The number of ether oxygens (including phenoxy) is 4. The number of amides is 1. The maximum Gasteiger partial charge on any atom is 0.220 e. The van der Waals surface area contributed by atoms with E-state index >= 15 is 0 Å². The number of carbonyl (C=O) groups is 1. The molecule has 1 amide bonds. The standard InChI is InChI=1S/C66H109NO13/c1-3-5-7-9-11-13-15-17-19-21-23-25-26-27-28-30-32-34-36-38-40-42-44-46-48-50-58(71)67-54(55(70)49-47-45-43-41-39-37-35-33-31-29-24-22-20-18-16-14-12-10-8-6-4-2)53-77-65-63(76)61(74)64(57(52-69)79-65)80-66-62(75)60(73)59(72)56(51-68)78-66/h5,7,11,13,17,19,23,25,27-28,31-34,38-41,47,49,54-57,59-66,68-70,72-76H,3-4,6,8-10,12,14-16,18,20-22,24,26,29-30,35-37,42-46,48,50-53H2,1-2H3,(H,67,71)/b7-5-,13-11-,19-17-,25-23-,28-27-,33-31+,34-32-,40-38-,41-39+,49-47+. The molecule has 2 saturated heterocycles. The van der Waals surface area contributed by atoms with Gasteiger partial charge in [-0.05, 0) is 103 Å².